The van der Waals surface area contributed by atoms with E-state index in [4.69, 9.17) is 15.6 Å². The first kappa shape index (κ1) is 16.4. The van der Waals surface area contributed by atoms with Crippen molar-refractivity contribution in [3.63, 3.8) is 0 Å². The molecule has 0 spiro atoms. The average molecular weight is 341 g/mol. The first-order chi connectivity index (χ1) is 10.9. The summed E-state index contributed by atoms with van der Waals surface area (Å²) in [6.45, 7) is 2.95. The van der Waals surface area contributed by atoms with Crippen LogP contribution in [0, 0.1) is 17.7 Å². The molecule has 1 aromatic rings. The summed E-state index contributed by atoms with van der Waals surface area (Å²) in [6, 6.07) is 4.48. The van der Waals surface area contributed by atoms with Crippen molar-refractivity contribution < 1.29 is 19.0 Å². The lowest BCUT2D eigenvalue weighted by atomic mass is 9.71. The van der Waals surface area contributed by atoms with Crippen molar-refractivity contribution in [2.45, 2.75) is 18.0 Å². The van der Waals surface area contributed by atoms with Gasteiger partial charge < -0.3 is 15.6 Å². The fourth-order valence-electron chi connectivity index (χ4n) is 3.48. The molecule has 8 heteroatoms. The number of ether oxygens (including phenoxy) is 1. The normalized spacial score (nSPS) is 33.7. The minimum atomic E-state index is -1.12. The Morgan fingerprint density at radius 2 is 2.39 bits per heavy atom. The van der Waals surface area contributed by atoms with Crippen LogP contribution in [-0.4, -0.2) is 35.7 Å². The number of hydrogen-bond donors (Lipinski definition) is 4. The third-order valence-electron chi connectivity index (χ3n) is 4.59. The SMILES string of the molecule is C[C@H]1COC[C@]2(c3cc(N)ccc3F)NC(NC(=O)O)SC[C@H]12. The van der Waals surface area contributed by atoms with E-state index >= 15 is 0 Å². The van der Waals surface area contributed by atoms with Crippen LogP contribution in [-0.2, 0) is 10.3 Å². The van der Waals surface area contributed by atoms with Gasteiger partial charge in [-0.3, -0.25) is 10.6 Å². The summed E-state index contributed by atoms with van der Waals surface area (Å²) in [4.78, 5) is 11.0. The number of nitrogens with two attached hydrogens (primary N) is 1. The van der Waals surface area contributed by atoms with Crippen molar-refractivity contribution in [2.24, 2.45) is 11.8 Å². The minimum absolute atomic E-state index is 0.115. The van der Waals surface area contributed by atoms with Crippen LogP contribution in [0.2, 0.25) is 0 Å². The van der Waals surface area contributed by atoms with E-state index in [-0.39, 0.29) is 24.3 Å². The van der Waals surface area contributed by atoms with E-state index in [9.17, 15) is 9.18 Å². The maximum Gasteiger partial charge on any atom is 0.406 e. The number of anilines is 1. The highest BCUT2D eigenvalue weighted by Gasteiger charge is 2.51. The number of nitrogen functional groups attached to an aromatic ring is 1. The van der Waals surface area contributed by atoms with Gasteiger partial charge >= 0.3 is 6.09 Å². The van der Waals surface area contributed by atoms with Gasteiger partial charge in [0.05, 0.1) is 12.1 Å². The minimum Gasteiger partial charge on any atom is -0.465 e. The lowest BCUT2D eigenvalue weighted by Crippen LogP contribution is -2.66. The Bertz CT molecular complexity index is 618. The molecule has 5 N–H and O–H groups in total. The van der Waals surface area contributed by atoms with Gasteiger partial charge in [0.25, 0.3) is 0 Å². The molecule has 2 saturated heterocycles. The van der Waals surface area contributed by atoms with E-state index in [1.54, 1.807) is 6.07 Å². The number of carboxylic acid groups (broad SMARTS) is 1. The van der Waals surface area contributed by atoms with Crippen LogP contribution in [0.1, 0.15) is 12.5 Å². The number of benzene rings is 1. The van der Waals surface area contributed by atoms with Gasteiger partial charge in [-0.15, -0.1) is 11.8 Å². The molecule has 2 aliphatic heterocycles. The monoisotopic (exact) mass is 341 g/mol. The lowest BCUT2D eigenvalue weighted by Gasteiger charge is -2.52. The van der Waals surface area contributed by atoms with Crippen LogP contribution in [0.15, 0.2) is 18.2 Å². The largest absolute Gasteiger partial charge is 0.465 e. The van der Waals surface area contributed by atoms with Gasteiger partial charge in [0.1, 0.15) is 11.3 Å². The molecule has 0 aromatic heterocycles. The number of carbonyl (C=O) groups is 1. The zero-order valence-corrected chi connectivity index (χ0v) is 13.5. The number of fused-ring (bicyclic) bond motifs is 1. The summed E-state index contributed by atoms with van der Waals surface area (Å²) in [5.41, 5.74) is 5.43. The van der Waals surface area contributed by atoms with Crippen molar-refractivity contribution in [1.82, 2.24) is 10.6 Å². The van der Waals surface area contributed by atoms with Gasteiger partial charge in [-0.2, -0.15) is 0 Å². The first-order valence-corrected chi connectivity index (χ1v) is 8.49. The van der Waals surface area contributed by atoms with Crippen molar-refractivity contribution in [3.05, 3.63) is 29.6 Å². The summed E-state index contributed by atoms with van der Waals surface area (Å²) >= 11 is 1.47. The van der Waals surface area contributed by atoms with E-state index in [1.165, 1.54) is 23.9 Å². The fraction of sp³-hybridized carbons (Fsp3) is 0.533. The van der Waals surface area contributed by atoms with Gasteiger partial charge in [-0.05, 0) is 30.0 Å². The molecule has 1 unspecified atom stereocenters. The van der Waals surface area contributed by atoms with Gasteiger partial charge in [0.2, 0.25) is 0 Å². The van der Waals surface area contributed by atoms with Crippen molar-refractivity contribution >= 4 is 23.5 Å². The fourth-order valence-corrected chi connectivity index (χ4v) is 4.97. The van der Waals surface area contributed by atoms with Crippen molar-refractivity contribution in [1.29, 1.82) is 0 Å². The van der Waals surface area contributed by atoms with Crippen LogP contribution < -0.4 is 16.4 Å². The summed E-state index contributed by atoms with van der Waals surface area (Å²) in [6.07, 6.45) is -1.12. The molecule has 0 radical (unpaired) electrons. The van der Waals surface area contributed by atoms with Crippen LogP contribution in [0.4, 0.5) is 14.9 Å². The predicted octanol–water partition coefficient (Wildman–Crippen LogP) is 1.77. The number of amides is 1. The smallest absolute Gasteiger partial charge is 0.406 e. The first-order valence-electron chi connectivity index (χ1n) is 7.44. The Kier molecular flexibility index (Phi) is 4.39. The molecule has 2 aliphatic rings. The standard InChI is InChI=1S/C15H20FN3O3S/c1-8-5-22-7-15(10-4-9(17)2-3-12(10)16)11(8)6-23-13(19-15)18-14(20)21/h2-4,8,11,13,18-19H,5-7,17H2,1H3,(H,20,21)/t8-,11+,13?,15+/m0/s1. The molecule has 23 heavy (non-hydrogen) atoms. The molecule has 3 rings (SSSR count). The molecule has 1 aromatic carbocycles. The third kappa shape index (κ3) is 2.98. The second-order valence-electron chi connectivity index (χ2n) is 6.12. The zero-order chi connectivity index (χ0) is 16.6. The molecule has 2 heterocycles. The number of nitrogens with one attached hydrogen (secondary N) is 2. The number of halogens is 1. The maximum atomic E-state index is 14.5. The molecular formula is C15H20FN3O3S. The van der Waals surface area contributed by atoms with Crippen LogP contribution >= 0.6 is 11.8 Å². The van der Waals surface area contributed by atoms with Gasteiger partial charge in [-0.1, -0.05) is 6.92 Å². The van der Waals surface area contributed by atoms with E-state index < -0.39 is 17.1 Å². The molecule has 1 amide bonds. The van der Waals surface area contributed by atoms with E-state index in [2.05, 4.69) is 17.6 Å². The van der Waals surface area contributed by atoms with Crippen molar-refractivity contribution in [2.75, 3.05) is 24.7 Å². The Hall–Kier alpha value is -1.51. The van der Waals surface area contributed by atoms with E-state index in [1.807, 2.05) is 0 Å². The van der Waals surface area contributed by atoms with E-state index in [0.717, 1.165) is 0 Å². The molecule has 0 aliphatic carbocycles. The molecular weight excluding hydrogens is 321 g/mol. The molecule has 0 saturated carbocycles. The molecule has 4 atom stereocenters. The average Bonchev–Trinajstić information content (AvgIpc) is 2.49. The predicted molar refractivity (Wildman–Crippen MR) is 86.5 cm³/mol. The highest BCUT2D eigenvalue weighted by Crippen LogP contribution is 2.45. The summed E-state index contributed by atoms with van der Waals surface area (Å²) in [7, 11) is 0. The van der Waals surface area contributed by atoms with Crippen molar-refractivity contribution in [3.8, 4) is 0 Å². The Morgan fingerprint density at radius 1 is 1.61 bits per heavy atom. The Balaban J connectivity index is 2.03. The summed E-state index contributed by atoms with van der Waals surface area (Å²) in [5.74, 6) is 0.673. The number of rotatable bonds is 2. The number of hydrogen-bond acceptors (Lipinski definition) is 5. The molecule has 6 nitrogen and oxygen atoms in total. The summed E-state index contributed by atoms with van der Waals surface area (Å²) in [5, 5.41) is 14.7. The second-order valence-corrected chi connectivity index (χ2v) is 7.25. The van der Waals surface area contributed by atoms with Gasteiger partial charge in [0, 0.05) is 23.6 Å². The van der Waals surface area contributed by atoms with Gasteiger partial charge in [-0.25, -0.2) is 9.18 Å². The second kappa shape index (κ2) is 6.18. The van der Waals surface area contributed by atoms with E-state index in [0.29, 0.717) is 23.6 Å². The maximum absolute atomic E-state index is 14.5. The molecule has 126 valence electrons. The topological polar surface area (TPSA) is 96.6 Å². The van der Waals surface area contributed by atoms with Crippen LogP contribution in [0.3, 0.4) is 0 Å². The molecule has 2 fully saturated rings. The lowest BCUT2D eigenvalue weighted by molar-refractivity contribution is -0.0574. The highest BCUT2D eigenvalue weighted by atomic mass is 32.2. The summed E-state index contributed by atoms with van der Waals surface area (Å²) < 4.78 is 20.2. The number of thioether (sulfide) groups is 1. The third-order valence-corrected chi connectivity index (χ3v) is 5.71. The zero-order valence-electron chi connectivity index (χ0n) is 12.7. The Morgan fingerprint density at radius 3 is 3.13 bits per heavy atom. The van der Waals surface area contributed by atoms with Crippen LogP contribution in [0.5, 0.6) is 0 Å². The highest BCUT2D eigenvalue weighted by molar-refractivity contribution is 7.99. The van der Waals surface area contributed by atoms with Gasteiger partial charge in [0.15, 0.2) is 0 Å². The van der Waals surface area contributed by atoms with Crippen LogP contribution in [0.25, 0.3) is 0 Å². The molecule has 0 bridgehead atoms. The Labute approximate surface area is 138 Å². The quantitative estimate of drug-likeness (QED) is 0.612.